The zero-order chi connectivity index (χ0) is 9.85. The number of hydrogen-bond acceptors (Lipinski definition) is 1. The van der Waals surface area contributed by atoms with Crippen molar-refractivity contribution in [3.63, 3.8) is 0 Å². The van der Waals surface area contributed by atoms with Crippen molar-refractivity contribution < 1.29 is 8.78 Å². The van der Waals surface area contributed by atoms with E-state index < -0.39 is 11.8 Å². The summed E-state index contributed by atoms with van der Waals surface area (Å²) in [4.78, 5) is 0. The molecular formula is C10H15F2N. The second-order valence-corrected chi connectivity index (χ2v) is 4.80. The Morgan fingerprint density at radius 1 is 1.46 bits per heavy atom. The minimum Gasteiger partial charge on any atom is -0.327 e. The molecular weight excluding hydrogens is 172 g/mol. The zero-order valence-electron chi connectivity index (χ0n) is 7.98. The summed E-state index contributed by atoms with van der Waals surface area (Å²) in [6.07, 6.45) is 2.56. The van der Waals surface area contributed by atoms with Crippen LogP contribution in [0, 0.1) is 11.3 Å². The van der Waals surface area contributed by atoms with Crippen LogP contribution in [0.15, 0.2) is 11.6 Å². The highest BCUT2D eigenvalue weighted by Crippen LogP contribution is 2.53. The van der Waals surface area contributed by atoms with Crippen molar-refractivity contribution >= 4 is 0 Å². The fraction of sp³-hybridized carbons (Fsp3) is 0.800. The van der Waals surface area contributed by atoms with E-state index in [0.29, 0.717) is 0 Å². The lowest BCUT2D eigenvalue weighted by atomic mass is 9.63. The van der Waals surface area contributed by atoms with Crippen LogP contribution in [0.25, 0.3) is 0 Å². The Labute approximate surface area is 77.0 Å². The van der Waals surface area contributed by atoms with Crippen LogP contribution in [0.5, 0.6) is 0 Å². The lowest BCUT2D eigenvalue weighted by Gasteiger charge is -2.45. The van der Waals surface area contributed by atoms with E-state index in [1.807, 2.05) is 13.8 Å². The topological polar surface area (TPSA) is 26.0 Å². The molecule has 2 unspecified atom stereocenters. The second-order valence-electron chi connectivity index (χ2n) is 4.80. The van der Waals surface area contributed by atoms with E-state index in [9.17, 15) is 8.78 Å². The molecule has 0 amide bonds. The van der Waals surface area contributed by atoms with E-state index in [-0.39, 0.29) is 17.9 Å². The molecule has 2 atom stereocenters. The van der Waals surface area contributed by atoms with E-state index in [1.165, 1.54) is 0 Å². The van der Waals surface area contributed by atoms with Crippen molar-refractivity contribution in [3.05, 3.63) is 11.6 Å². The Bertz CT molecular complexity index is 268. The third kappa shape index (κ3) is 1.30. The normalized spacial score (nSPS) is 43.0. The maximum atomic E-state index is 12.6. The van der Waals surface area contributed by atoms with Crippen molar-refractivity contribution in [2.75, 3.05) is 0 Å². The average Bonchev–Trinajstić information content (AvgIpc) is 2.58. The smallest absolute Gasteiger partial charge is 0.255 e. The lowest BCUT2D eigenvalue weighted by molar-refractivity contribution is 0.106. The molecule has 1 nitrogen and oxygen atoms in total. The van der Waals surface area contributed by atoms with Gasteiger partial charge in [0.1, 0.15) is 0 Å². The standard InChI is InChI=1S/C10H15F2N/c1-9(2)6(4-8(9)13)3-7-5-10(7,11)12/h3,7-8H,4-5,13H2,1-2H3/b6-3+. The van der Waals surface area contributed by atoms with Gasteiger partial charge in [-0.3, -0.25) is 0 Å². The lowest BCUT2D eigenvalue weighted by Crippen LogP contribution is -2.48. The molecule has 2 saturated carbocycles. The van der Waals surface area contributed by atoms with Crippen LogP contribution in [-0.2, 0) is 0 Å². The van der Waals surface area contributed by atoms with Crippen LogP contribution in [0.1, 0.15) is 26.7 Å². The van der Waals surface area contributed by atoms with Crippen molar-refractivity contribution in [2.24, 2.45) is 17.1 Å². The van der Waals surface area contributed by atoms with Crippen LogP contribution >= 0.6 is 0 Å². The van der Waals surface area contributed by atoms with Gasteiger partial charge in [-0.05, 0) is 6.42 Å². The summed E-state index contributed by atoms with van der Waals surface area (Å²) >= 11 is 0. The maximum Gasteiger partial charge on any atom is 0.255 e. The number of halogens is 2. The van der Waals surface area contributed by atoms with E-state index in [2.05, 4.69) is 0 Å². The van der Waals surface area contributed by atoms with Gasteiger partial charge >= 0.3 is 0 Å². The summed E-state index contributed by atoms with van der Waals surface area (Å²) < 4.78 is 25.2. The van der Waals surface area contributed by atoms with Crippen LogP contribution < -0.4 is 5.73 Å². The maximum absolute atomic E-state index is 12.6. The first kappa shape index (κ1) is 9.13. The quantitative estimate of drug-likeness (QED) is 0.626. The molecule has 13 heavy (non-hydrogen) atoms. The van der Waals surface area contributed by atoms with Gasteiger partial charge in [-0.2, -0.15) is 0 Å². The molecule has 0 aromatic heterocycles. The zero-order valence-corrected chi connectivity index (χ0v) is 7.98. The van der Waals surface area contributed by atoms with Crippen LogP contribution in [0.4, 0.5) is 8.78 Å². The molecule has 0 heterocycles. The summed E-state index contributed by atoms with van der Waals surface area (Å²) in [6, 6.07) is 0.145. The molecule has 2 fully saturated rings. The first-order valence-electron chi connectivity index (χ1n) is 4.68. The molecule has 0 radical (unpaired) electrons. The Hall–Kier alpha value is -0.440. The highest BCUT2D eigenvalue weighted by Gasteiger charge is 2.56. The van der Waals surface area contributed by atoms with E-state index in [1.54, 1.807) is 6.08 Å². The minimum absolute atomic E-state index is 0.0296. The van der Waals surface area contributed by atoms with Gasteiger partial charge in [-0.25, -0.2) is 8.78 Å². The number of hydrogen-bond donors (Lipinski definition) is 1. The summed E-state index contributed by atoms with van der Waals surface area (Å²) in [7, 11) is 0. The van der Waals surface area contributed by atoms with Crippen LogP contribution in [0.3, 0.4) is 0 Å². The second kappa shape index (κ2) is 2.32. The molecule has 0 spiro atoms. The largest absolute Gasteiger partial charge is 0.327 e. The van der Waals surface area contributed by atoms with Gasteiger partial charge in [0.15, 0.2) is 0 Å². The summed E-state index contributed by atoms with van der Waals surface area (Å²) in [5, 5.41) is 0. The van der Waals surface area contributed by atoms with Gasteiger partial charge in [-0.15, -0.1) is 0 Å². The van der Waals surface area contributed by atoms with Gasteiger partial charge in [-0.1, -0.05) is 25.5 Å². The van der Waals surface area contributed by atoms with Crippen molar-refractivity contribution in [3.8, 4) is 0 Å². The first-order valence-corrected chi connectivity index (χ1v) is 4.68. The Kier molecular flexibility index (Phi) is 1.63. The van der Waals surface area contributed by atoms with Gasteiger partial charge in [0.25, 0.3) is 5.92 Å². The van der Waals surface area contributed by atoms with Crippen LogP contribution in [-0.4, -0.2) is 12.0 Å². The third-order valence-electron chi connectivity index (χ3n) is 3.47. The summed E-state index contributed by atoms with van der Waals surface area (Å²) in [5.74, 6) is -2.93. The molecule has 2 aliphatic carbocycles. The summed E-state index contributed by atoms with van der Waals surface area (Å²) in [6.45, 7) is 4.04. The molecule has 0 bridgehead atoms. The average molecular weight is 187 g/mol. The Morgan fingerprint density at radius 3 is 2.31 bits per heavy atom. The van der Waals surface area contributed by atoms with Crippen molar-refractivity contribution in [1.82, 2.24) is 0 Å². The van der Waals surface area contributed by atoms with E-state index >= 15 is 0 Å². The van der Waals surface area contributed by atoms with Gasteiger partial charge in [0.05, 0.1) is 0 Å². The molecule has 2 aliphatic rings. The molecule has 0 aliphatic heterocycles. The number of rotatable bonds is 1. The van der Waals surface area contributed by atoms with Crippen molar-refractivity contribution in [1.29, 1.82) is 0 Å². The third-order valence-corrected chi connectivity index (χ3v) is 3.47. The van der Waals surface area contributed by atoms with Gasteiger partial charge in [0, 0.05) is 23.8 Å². The molecule has 74 valence electrons. The van der Waals surface area contributed by atoms with E-state index in [4.69, 9.17) is 5.73 Å². The predicted octanol–water partition coefficient (Wildman–Crippen LogP) is 2.33. The van der Waals surface area contributed by atoms with Crippen LogP contribution in [0.2, 0.25) is 0 Å². The van der Waals surface area contributed by atoms with Gasteiger partial charge < -0.3 is 5.73 Å². The summed E-state index contributed by atoms with van der Waals surface area (Å²) in [5.41, 5.74) is 6.84. The number of nitrogens with two attached hydrogens (primary N) is 1. The number of alkyl halides is 2. The predicted molar refractivity (Wildman–Crippen MR) is 47.5 cm³/mol. The monoisotopic (exact) mass is 187 g/mol. The van der Waals surface area contributed by atoms with Gasteiger partial charge in [0.2, 0.25) is 0 Å². The Balaban J connectivity index is 2.05. The van der Waals surface area contributed by atoms with Crippen molar-refractivity contribution in [2.45, 2.75) is 38.7 Å². The molecule has 2 N–H and O–H groups in total. The Morgan fingerprint density at radius 2 is 2.00 bits per heavy atom. The molecule has 2 rings (SSSR count). The fourth-order valence-corrected chi connectivity index (χ4v) is 1.80. The highest BCUT2D eigenvalue weighted by atomic mass is 19.3. The fourth-order valence-electron chi connectivity index (χ4n) is 1.80. The SMILES string of the molecule is CC1(C)/C(=C/C2CC2(F)F)CC1N. The highest BCUT2D eigenvalue weighted by molar-refractivity contribution is 5.30. The molecule has 3 heteroatoms. The first-order chi connectivity index (χ1) is 5.84. The molecule has 0 saturated heterocycles. The molecule has 0 aromatic carbocycles. The van der Waals surface area contributed by atoms with E-state index in [0.717, 1.165) is 12.0 Å². The molecule has 0 aromatic rings. The minimum atomic E-state index is -2.43. The number of allylic oxidation sites excluding steroid dienone is 1.